The normalized spacial score (nSPS) is 16.1. The van der Waals surface area contributed by atoms with Gasteiger partial charge in [0.05, 0.1) is 41.1 Å². The molecule has 80 heavy (non-hydrogen) atoms. The maximum absolute atomic E-state index is 6.42. The average Bonchev–Trinajstić information content (AvgIpc) is 4.07. The highest BCUT2D eigenvalue weighted by Crippen LogP contribution is 2.55. The number of nitrogen functional groups attached to an aromatic ring is 2. The largest absolute Gasteiger partial charge is 0.496 e. The van der Waals surface area contributed by atoms with Gasteiger partial charge in [0.2, 0.25) is 0 Å². The lowest BCUT2D eigenvalue weighted by Gasteiger charge is -2.39. The van der Waals surface area contributed by atoms with E-state index in [1.807, 2.05) is 86.6 Å². The molecular formula is C68H82BBr2N2O6P. The number of hydrogen-bond donors (Lipinski definition) is 2. The van der Waals surface area contributed by atoms with Crippen LogP contribution >= 0.6 is 39.8 Å². The van der Waals surface area contributed by atoms with Gasteiger partial charge in [-0.2, -0.15) is 0 Å². The van der Waals surface area contributed by atoms with Crippen molar-refractivity contribution in [2.24, 2.45) is 0 Å². The number of halogens is 2. The second-order valence-corrected chi connectivity index (χ2v) is 27.7. The van der Waals surface area contributed by atoms with Crippen LogP contribution in [0.5, 0.6) is 11.5 Å². The van der Waals surface area contributed by atoms with Gasteiger partial charge in [0.25, 0.3) is 0 Å². The number of para-hydroxylation sites is 2. The summed E-state index contributed by atoms with van der Waals surface area (Å²) in [5.74, 6) is 3.79. The molecule has 6 aromatic carbocycles. The maximum Gasteiger partial charge on any atom is 0.487 e. The van der Waals surface area contributed by atoms with Gasteiger partial charge in [0.1, 0.15) is 28.2 Å². The van der Waals surface area contributed by atoms with Gasteiger partial charge in [-0.3, -0.25) is 0 Å². The van der Waals surface area contributed by atoms with E-state index < -0.39 is 0 Å². The van der Waals surface area contributed by atoms with Crippen molar-refractivity contribution in [1.29, 1.82) is 0 Å². The van der Waals surface area contributed by atoms with Gasteiger partial charge in [-0.1, -0.05) is 142 Å². The van der Waals surface area contributed by atoms with Crippen LogP contribution in [0.1, 0.15) is 145 Å². The first kappa shape index (κ1) is 60.8. The molecule has 4 N–H and O–H groups in total. The Morgan fingerprint density at radius 1 is 0.575 bits per heavy atom. The number of rotatable bonds is 9. The number of ether oxygens (including phenoxy) is 2. The van der Waals surface area contributed by atoms with Crippen LogP contribution in [0.3, 0.4) is 0 Å². The third kappa shape index (κ3) is 14.0. The summed E-state index contributed by atoms with van der Waals surface area (Å²) in [5.41, 5.74) is 26.6. The number of benzene rings is 6. The Hall–Kier alpha value is -5.29. The summed E-state index contributed by atoms with van der Waals surface area (Å²) >= 11 is 6.90. The molecule has 2 aromatic heterocycles. The van der Waals surface area contributed by atoms with Gasteiger partial charge in [-0.05, 0) is 197 Å². The zero-order valence-corrected chi connectivity index (χ0v) is 53.2. The highest BCUT2D eigenvalue weighted by atomic mass is 79.9. The lowest BCUT2D eigenvalue weighted by Crippen LogP contribution is -2.41. The first-order chi connectivity index (χ1) is 38.2. The topological polar surface area (TPSA) is 115 Å². The molecule has 0 spiro atoms. The van der Waals surface area contributed by atoms with Crippen molar-refractivity contribution >= 4 is 120 Å². The minimum atomic E-state index is -0.219. The van der Waals surface area contributed by atoms with Gasteiger partial charge in [0, 0.05) is 37.3 Å². The highest BCUT2D eigenvalue weighted by Gasteiger charge is 2.50. The molecule has 0 atom stereocenters. The Labute approximate surface area is 494 Å². The molecule has 2 saturated carbocycles. The minimum absolute atomic E-state index is 0.108. The van der Waals surface area contributed by atoms with Crippen LogP contribution in [0.25, 0.3) is 67.2 Å². The standard InChI is InChI=1S/C26H35O2P.C20H21NO.C12H7Br2NO.C10H19BO2/c1-27-24-17-10-18-25(28-2)26(24)20-11-9-16-23(19-20)29(21-12-5-3-6-13-21)22-14-7-4-8-15-22;1-12(2)9-14-11-16-15-7-5-6-8-18(15)22-20(16)17(19(14)21)10-13(3)4;13-8-5-7-6-3-1-2-4-9(6)16-12(7)10(14)11(8)15;1-8(2)7-11-12-9(3,4)10(5,6)13-11/h9-11,16-19,21-22H,3-8,12-15H2,1-2H3;5-11H,21H2,1-4H3;1-5H,15H2;7H,1-6H3. The molecule has 12 heteroatoms. The van der Waals surface area contributed by atoms with Crippen LogP contribution < -0.4 is 26.2 Å². The third-order valence-corrected chi connectivity index (χ3v) is 20.7. The summed E-state index contributed by atoms with van der Waals surface area (Å²) < 4.78 is 36.5. The molecule has 3 aliphatic rings. The monoisotopic (exact) mass is 1220 g/mol. The molecule has 0 bridgehead atoms. The van der Waals surface area contributed by atoms with Crippen molar-refractivity contribution in [3.63, 3.8) is 0 Å². The Bertz CT molecular complexity index is 3480. The van der Waals surface area contributed by atoms with E-state index in [9.17, 15) is 0 Å². The van der Waals surface area contributed by atoms with E-state index in [1.165, 1.54) is 86.5 Å². The number of fused-ring (bicyclic) bond motifs is 6. The zero-order valence-electron chi connectivity index (χ0n) is 49.2. The minimum Gasteiger partial charge on any atom is -0.496 e. The van der Waals surface area contributed by atoms with Crippen molar-refractivity contribution in [2.75, 3.05) is 25.7 Å². The zero-order chi connectivity index (χ0) is 57.5. The van der Waals surface area contributed by atoms with Crippen molar-refractivity contribution in [3.8, 4) is 22.6 Å². The van der Waals surface area contributed by atoms with Crippen molar-refractivity contribution in [3.05, 3.63) is 146 Å². The Morgan fingerprint density at radius 3 is 1.59 bits per heavy atom. The number of furan rings is 2. The summed E-state index contributed by atoms with van der Waals surface area (Å²) in [6.07, 6.45) is 18.5. The fourth-order valence-corrected chi connectivity index (χ4v) is 16.2. The van der Waals surface area contributed by atoms with E-state index in [0.717, 1.165) is 98.0 Å². The Morgan fingerprint density at radius 2 is 1.07 bits per heavy atom. The van der Waals surface area contributed by atoms with E-state index >= 15 is 0 Å². The van der Waals surface area contributed by atoms with Crippen molar-refractivity contribution in [1.82, 2.24) is 0 Å². The SMILES string of the molecule is CC(C)=CB1OC(C)(C)C(C)(C)O1.CC(C)=Cc1cc2c(oc3ccccc32)c(C=C(C)C)c1N.COc1cccc(OC)c1-c1cccc(P(C2CCCCC2)C2CCCCC2)c1.Nc1c(Br)cc2c(oc3ccccc32)c1Br. The quantitative estimate of drug-likeness (QED) is 0.0834. The van der Waals surface area contributed by atoms with Crippen LogP contribution in [0.2, 0.25) is 0 Å². The molecule has 0 radical (unpaired) electrons. The van der Waals surface area contributed by atoms with Crippen LogP contribution in [0.4, 0.5) is 11.4 Å². The second-order valence-electron chi connectivity index (χ2n) is 23.2. The predicted octanol–water partition coefficient (Wildman–Crippen LogP) is 20.4. The molecule has 3 heterocycles. The van der Waals surface area contributed by atoms with E-state index in [0.29, 0.717) is 5.69 Å². The fourth-order valence-electron chi connectivity index (χ4n) is 11.2. The number of anilines is 2. The molecule has 0 unspecified atom stereocenters. The van der Waals surface area contributed by atoms with Gasteiger partial charge >= 0.3 is 7.12 Å². The van der Waals surface area contributed by atoms with Gasteiger partial charge < -0.3 is 39.1 Å². The number of methoxy groups -OCH3 is 2. The Balaban J connectivity index is 0.000000147. The van der Waals surface area contributed by atoms with E-state index in [1.54, 1.807) is 19.5 Å². The molecule has 0 amide bonds. The molecule has 11 rings (SSSR count). The molecule has 2 aliphatic carbocycles. The Kier molecular flexibility index (Phi) is 20.3. The van der Waals surface area contributed by atoms with Crippen LogP contribution in [-0.2, 0) is 9.31 Å². The van der Waals surface area contributed by atoms with Crippen molar-refractivity contribution in [2.45, 2.75) is 156 Å². The molecule has 422 valence electrons. The van der Waals surface area contributed by atoms with Gasteiger partial charge in [0.15, 0.2) is 5.58 Å². The van der Waals surface area contributed by atoms with E-state index in [4.69, 9.17) is 39.1 Å². The van der Waals surface area contributed by atoms with E-state index in [-0.39, 0.29) is 26.2 Å². The lowest BCUT2D eigenvalue weighted by atomic mass is 9.88. The summed E-state index contributed by atoms with van der Waals surface area (Å²) in [5, 5.41) is 6.00. The summed E-state index contributed by atoms with van der Waals surface area (Å²) in [4.78, 5) is 0. The first-order valence-corrected chi connectivity index (χ1v) is 31.5. The van der Waals surface area contributed by atoms with E-state index in [2.05, 4.69) is 136 Å². The first-order valence-electron chi connectivity index (χ1n) is 28.4. The lowest BCUT2D eigenvalue weighted by molar-refractivity contribution is 0.00578. The molecular weight excluding hydrogens is 1140 g/mol. The smallest absolute Gasteiger partial charge is 0.487 e. The molecule has 3 fully saturated rings. The molecule has 1 aliphatic heterocycles. The van der Waals surface area contributed by atoms with Crippen molar-refractivity contribution < 1.29 is 27.6 Å². The molecule has 8 aromatic rings. The number of allylic oxidation sites excluding steroid dienone is 3. The number of nitrogens with two attached hydrogens (primary N) is 2. The highest BCUT2D eigenvalue weighted by molar-refractivity contribution is 9.11. The fraction of sp³-hybridized carbons (Fsp3) is 0.382. The third-order valence-electron chi connectivity index (χ3n) is 15.8. The molecule has 1 saturated heterocycles. The predicted molar refractivity (Wildman–Crippen MR) is 351 cm³/mol. The maximum atomic E-state index is 6.42. The summed E-state index contributed by atoms with van der Waals surface area (Å²) in [6.45, 7) is 20.6. The summed E-state index contributed by atoms with van der Waals surface area (Å²) in [6, 6.07) is 35.6. The second kappa shape index (κ2) is 26.7. The average molecular weight is 1230 g/mol. The number of hydrogen-bond acceptors (Lipinski definition) is 8. The van der Waals surface area contributed by atoms with Crippen LogP contribution in [0.15, 0.2) is 144 Å². The van der Waals surface area contributed by atoms with Gasteiger partial charge in [-0.15, -0.1) is 0 Å². The van der Waals surface area contributed by atoms with Crippen LogP contribution in [0, 0.1) is 0 Å². The molecule has 8 nitrogen and oxygen atoms in total. The summed E-state index contributed by atoms with van der Waals surface area (Å²) in [7, 11) is 3.20. The van der Waals surface area contributed by atoms with Gasteiger partial charge in [-0.25, -0.2) is 0 Å². The van der Waals surface area contributed by atoms with Crippen LogP contribution in [-0.4, -0.2) is 43.9 Å².